The van der Waals surface area contributed by atoms with Crippen molar-refractivity contribution in [3.05, 3.63) is 29.3 Å². The maximum absolute atomic E-state index is 4.76. The number of para-hydroxylation sites is 1. The lowest BCUT2D eigenvalue weighted by Crippen LogP contribution is -1.95. The van der Waals surface area contributed by atoms with Gasteiger partial charge in [-0.15, -0.1) is 0 Å². The van der Waals surface area contributed by atoms with Crippen LogP contribution >= 0.6 is 0 Å². The van der Waals surface area contributed by atoms with E-state index in [1.807, 2.05) is 0 Å². The molecule has 0 aliphatic rings. The van der Waals surface area contributed by atoms with Crippen LogP contribution in [0.4, 0.5) is 5.69 Å². The predicted molar refractivity (Wildman–Crippen MR) is 82.3 cm³/mol. The number of benzene rings is 1. The molecule has 0 aliphatic heterocycles. The molecular formula is C17H27N. The van der Waals surface area contributed by atoms with Crippen LogP contribution in [0.25, 0.3) is 0 Å². The van der Waals surface area contributed by atoms with Gasteiger partial charge in [0, 0.05) is 6.21 Å². The van der Waals surface area contributed by atoms with Gasteiger partial charge in [0.25, 0.3) is 0 Å². The molecule has 0 aromatic heterocycles. The molecule has 0 bridgehead atoms. The summed E-state index contributed by atoms with van der Waals surface area (Å²) in [6.07, 6.45) is 5.64. The van der Waals surface area contributed by atoms with Crippen LogP contribution in [0.1, 0.15) is 76.8 Å². The molecule has 0 fully saturated rings. The first-order chi connectivity index (χ1) is 8.57. The lowest BCUT2D eigenvalue weighted by molar-refractivity contribution is 0.830. The summed E-state index contributed by atoms with van der Waals surface area (Å²) in [4.78, 5) is 4.76. The molecule has 1 aromatic rings. The zero-order valence-electron chi connectivity index (χ0n) is 12.5. The summed E-state index contributed by atoms with van der Waals surface area (Å²) in [6.45, 7) is 11.2. The van der Waals surface area contributed by atoms with Crippen LogP contribution in [0.3, 0.4) is 0 Å². The van der Waals surface area contributed by atoms with E-state index in [1.165, 1.54) is 29.7 Å². The normalized spacial score (nSPS) is 11.9. The first kappa shape index (κ1) is 14.9. The first-order valence-corrected chi connectivity index (χ1v) is 7.23. The van der Waals surface area contributed by atoms with Gasteiger partial charge in [0.15, 0.2) is 0 Å². The van der Waals surface area contributed by atoms with Crippen LogP contribution in [0.15, 0.2) is 23.2 Å². The Morgan fingerprint density at radius 2 is 1.61 bits per heavy atom. The van der Waals surface area contributed by atoms with Crippen molar-refractivity contribution in [1.82, 2.24) is 0 Å². The second kappa shape index (κ2) is 7.35. The van der Waals surface area contributed by atoms with Crippen molar-refractivity contribution in [2.45, 2.75) is 65.7 Å². The summed E-state index contributed by atoms with van der Waals surface area (Å²) < 4.78 is 0. The van der Waals surface area contributed by atoms with Gasteiger partial charge in [-0.1, -0.05) is 59.2 Å². The van der Waals surface area contributed by atoms with Gasteiger partial charge in [0.2, 0.25) is 0 Å². The Morgan fingerprint density at radius 1 is 1.06 bits per heavy atom. The second-order valence-electron chi connectivity index (χ2n) is 5.55. The van der Waals surface area contributed by atoms with E-state index in [1.54, 1.807) is 0 Å². The highest BCUT2D eigenvalue weighted by atomic mass is 14.7. The predicted octanol–water partition coefficient (Wildman–Crippen LogP) is 5.83. The Kier molecular flexibility index (Phi) is 6.11. The topological polar surface area (TPSA) is 12.4 Å². The Hall–Kier alpha value is -1.11. The van der Waals surface area contributed by atoms with E-state index in [4.69, 9.17) is 4.99 Å². The van der Waals surface area contributed by atoms with Crippen LogP contribution < -0.4 is 0 Å². The van der Waals surface area contributed by atoms with Gasteiger partial charge in [-0.25, -0.2) is 0 Å². The van der Waals surface area contributed by atoms with Crippen molar-refractivity contribution in [2.75, 3.05) is 0 Å². The highest BCUT2D eigenvalue weighted by Crippen LogP contribution is 2.34. The van der Waals surface area contributed by atoms with Crippen LogP contribution in [0.5, 0.6) is 0 Å². The number of hydrogen-bond acceptors (Lipinski definition) is 1. The minimum absolute atomic E-state index is 0.530. The fraction of sp³-hybridized carbons (Fsp3) is 0.588. The van der Waals surface area contributed by atoms with Gasteiger partial charge in [0.1, 0.15) is 0 Å². The minimum Gasteiger partial charge on any atom is -0.261 e. The fourth-order valence-corrected chi connectivity index (χ4v) is 2.11. The van der Waals surface area contributed by atoms with Gasteiger partial charge in [-0.3, -0.25) is 4.99 Å². The third-order valence-electron chi connectivity index (χ3n) is 3.25. The van der Waals surface area contributed by atoms with E-state index >= 15 is 0 Å². The molecule has 0 amide bonds. The minimum atomic E-state index is 0.530. The molecule has 1 aromatic carbocycles. The first-order valence-electron chi connectivity index (χ1n) is 7.23. The van der Waals surface area contributed by atoms with Gasteiger partial charge in [-0.05, 0) is 35.8 Å². The number of aliphatic imine (C=N–C) groups is 1. The molecule has 0 saturated carbocycles. The molecule has 1 heteroatoms. The van der Waals surface area contributed by atoms with E-state index in [2.05, 4.69) is 59.0 Å². The number of unbranched alkanes of at least 4 members (excludes halogenated alkanes) is 2. The maximum Gasteiger partial charge on any atom is 0.0694 e. The molecule has 0 spiro atoms. The molecule has 0 radical (unpaired) electrons. The third kappa shape index (κ3) is 3.97. The molecule has 18 heavy (non-hydrogen) atoms. The summed E-state index contributed by atoms with van der Waals surface area (Å²) in [6, 6.07) is 6.59. The van der Waals surface area contributed by atoms with Crippen LogP contribution in [0, 0.1) is 0 Å². The molecule has 0 atom stereocenters. The van der Waals surface area contributed by atoms with E-state index < -0.39 is 0 Å². The van der Waals surface area contributed by atoms with E-state index in [-0.39, 0.29) is 0 Å². The fourth-order valence-electron chi connectivity index (χ4n) is 2.11. The Morgan fingerprint density at radius 3 is 2.06 bits per heavy atom. The van der Waals surface area contributed by atoms with Crippen molar-refractivity contribution >= 4 is 11.9 Å². The van der Waals surface area contributed by atoms with E-state index in [9.17, 15) is 0 Å². The van der Waals surface area contributed by atoms with E-state index in [0.29, 0.717) is 11.8 Å². The Bertz CT molecular complexity index is 362. The summed E-state index contributed by atoms with van der Waals surface area (Å²) in [5.41, 5.74) is 3.95. The molecule has 0 N–H and O–H groups in total. The summed E-state index contributed by atoms with van der Waals surface area (Å²) in [7, 11) is 0. The highest BCUT2D eigenvalue weighted by Gasteiger charge is 2.12. The standard InChI is InChI=1S/C17H27N/c1-6-7-8-12-18-17-15(13(2)3)10-9-11-16(17)14(4)5/h9-14H,6-8H2,1-5H3/b18-12-. The number of rotatable bonds is 6. The van der Waals surface area contributed by atoms with Gasteiger partial charge in [-0.2, -0.15) is 0 Å². The summed E-state index contributed by atoms with van der Waals surface area (Å²) in [5.74, 6) is 1.06. The second-order valence-corrected chi connectivity index (χ2v) is 5.55. The molecule has 1 rings (SSSR count). The molecule has 0 heterocycles. The van der Waals surface area contributed by atoms with Crippen LogP contribution in [-0.4, -0.2) is 6.21 Å². The SMILES string of the molecule is CCCC/C=N\c1c(C(C)C)cccc1C(C)C. The lowest BCUT2D eigenvalue weighted by atomic mass is 9.93. The van der Waals surface area contributed by atoms with Crippen molar-refractivity contribution in [3.63, 3.8) is 0 Å². The van der Waals surface area contributed by atoms with Crippen molar-refractivity contribution in [1.29, 1.82) is 0 Å². The summed E-state index contributed by atoms with van der Waals surface area (Å²) in [5, 5.41) is 0. The maximum atomic E-state index is 4.76. The van der Waals surface area contributed by atoms with Gasteiger partial charge < -0.3 is 0 Å². The average molecular weight is 245 g/mol. The largest absolute Gasteiger partial charge is 0.261 e. The van der Waals surface area contributed by atoms with Crippen LogP contribution in [0.2, 0.25) is 0 Å². The van der Waals surface area contributed by atoms with E-state index in [0.717, 1.165) is 6.42 Å². The van der Waals surface area contributed by atoms with Crippen molar-refractivity contribution < 1.29 is 0 Å². The third-order valence-corrected chi connectivity index (χ3v) is 3.25. The average Bonchev–Trinajstić information content (AvgIpc) is 2.34. The smallest absolute Gasteiger partial charge is 0.0694 e. The number of hydrogen-bond donors (Lipinski definition) is 0. The molecule has 0 aliphatic carbocycles. The van der Waals surface area contributed by atoms with Gasteiger partial charge in [0.05, 0.1) is 5.69 Å². The monoisotopic (exact) mass is 245 g/mol. The zero-order chi connectivity index (χ0) is 13.5. The van der Waals surface area contributed by atoms with Crippen LogP contribution in [-0.2, 0) is 0 Å². The zero-order valence-corrected chi connectivity index (χ0v) is 12.5. The highest BCUT2D eigenvalue weighted by molar-refractivity contribution is 5.67. The Balaban J connectivity index is 3.07. The number of nitrogens with zero attached hydrogens (tertiary/aromatic N) is 1. The molecule has 0 saturated heterocycles. The lowest BCUT2D eigenvalue weighted by Gasteiger charge is -2.16. The molecule has 0 unspecified atom stereocenters. The molecule has 100 valence electrons. The molecular weight excluding hydrogens is 218 g/mol. The summed E-state index contributed by atoms with van der Waals surface area (Å²) >= 11 is 0. The quantitative estimate of drug-likeness (QED) is 0.442. The molecule has 1 nitrogen and oxygen atoms in total. The van der Waals surface area contributed by atoms with Gasteiger partial charge >= 0.3 is 0 Å². The van der Waals surface area contributed by atoms with Crippen molar-refractivity contribution in [2.24, 2.45) is 4.99 Å². The van der Waals surface area contributed by atoms with Crippen molar-refractivity contribution in [3.8, 4) is 0 Å². The Labute approximate surface area is 112 Å².